The van der Waals surface area contributed by atoms with E-state index in [1.807, 2.05) is 0 Å². The Labute approximate surface area is 135 Å². The van der Waals surface area contributed by atoms with Crippen molar-refractivity contribution in [2.24, 2.45) is 0 Å². The molecule has 24 heavy (non-hydrogen) atoms. The lowest BCUT2D eigenvalue weighted by Crippen LogP contribution is -2.30. The molecular weight excluding hydrogens is 318 g/mol. The van der Waals surface area contributed by atoms with Crippen LogP contribution in [-0.2, 0) is 11.3 Å². The molecule has 0 atom stereocenters. The molecule has 0 unspecified atom stereocenters. The number of aromatic carboxylic acids is 1. The Morgan fingerprint density at radius 1 is 1.21 bits per heavy atom. The first-order valence-corrected chi connectivity index (χ1v) is 6.77. The fourth-order valence-corrected chi connectivity index (χ4v) is 2.03. The molecule has 0 aliphatic heterocycles. The number of nitrogens with one attached hydrogen (secondary N) is 1. The van der Waals surface area contributed by atoms with Crippen molar-refractivity contribution >= 4 is 23.3 Å². The highest BCUT2D eigenvalue weighted by molar-refractivity contribution is 5.92. The van der Waals surface area contributed by atoms with Crippen LogP contribution in [0.1, 0.15) is 16.1 Å². The predicted molar refractivity (Wildman–Crippen MR) is 84.1 cm³/mol. The number of carbonyl (C=O) groups is 2. The van der Waals surface area contributed by atoms with Crippen LogP contribution in [0.15, 0.2) is 41.2 Å². The molecule has 0 saturated heterocycles. The number of nitrogens with zero attached hydrogens (tertiary/aromatic N) is 2. The maximum Gasteiger partial charge on any atom is 0.335 e. The average molecular weight is 331 g/mol. The molecule has 0 fully saturated rings. The minimum atomic E-state index is -1.09. The van der Waals surface area contributed by atoms with Gasteiger partial charge in [-0.05, 0) is 37.3 Å². The van der Waals surface area contributed by atoms with E-state index in [2.05, 4.69) is 5.32 Å². The third-order valence-corrected chi connectivity index (χ3v) is 3.29. The van der Waals surface area contributed by atoms with Crippen LogP contribution < -0.4 is 10.9 Å². The van der Waals surface area contributed by atoms with Gasteiger partial charge >= 0.3 is 17.2 Å². The summed E-state index contributed by atoms with van der Waals surface area (Å²) in [5.41, 5.74) is -0.655. The van der Waals surface area contributed by atoms with Crippen LogP contribution in [0, 0.1) is 17.0 Å². The van der Waals surface area contributed by atoms with E-state index in [9.17, 15) is 24.5 Å². The van der Waals surface area contributed by atoms with Crippen molar-refractivity contribution < 1.29 is 19.6 Å². The van der Waals surface area contributed by atoms with Crippen LogP contribution in [0.2, 0.25) is 0 Å². The lowest BCUT2D eigenvalue weighted by molar-refractivity contribution is -0.386. The minimum Gasteiger partial charge on any atom is -0.478 e. The Kier molecular flexibility index (Phi) is 4.73. The van der Waals surface area contributed by atoms with E-state index in [1.165, 1.54) is 30.3 Å². The highest BCUT2D eigenvalue weighted by Crippen LogP contribution is 2.10. The van der Waals surface area contributed by atoms with Crippen molar-refractivity contribution in [1.82, 2.24) is 4.57 Å². The van der Waals surface area contributed by atoms with E-state index in [0.29, 0.717) is 11.4 Å². The maximum atomic E-state index is 12.0. The number of rotatable bonds is 5. The summed E-state index contributed by atoms with van der Waals surface area (Å²) in [5.74, 6) is -1.66. The second-order valence-electron chi connectivity index (χ2n) is 4.94. The van der Waals surface area contributed by atoms with Gasteiger partial charge in [0.05, 0.1) is 10.5 Å². The molecule has 0 radical (unpaired) electrons. The molecule has 1 amide bonds. The number of pyridine rings is 1. The molecule has 1 heterocycles. The van der Waals surface area contributed by atoms with Crippen LogP contribution in [0.4, 0.5) is 11.4 Å². The summed E-state index contributed by atoms with van der Waals surface area (Å²) >= 11 is 0. The second-order valence-corrected chi connectivity index (χ2v) is 4.94. The molecule has 0 bridgehead atoms. The van der Waals surface area contributed by atoms with E-state index in [-0.39, 0.29) is 5.56 Å². The number of aromatic nitrogens is 1. The normalized spacial score (nSPS) is 10.2. The molecule has 9 heteroatoms. The molecule has 2 N–H and O–H groups in total. The smallest absolute Gasteiger partial charge is 0.335 e. The molecule has 9 nitrogen and oxygen atoms in total. The third-order valence-electron chi connectivity index (χ3n) is 3.29. The van der Waals surface area contributed by atoms with Crippen LogP contribution in [-0.4, -0.2) is 26.5 Å². The Morgan fingerprint density at radius 2 is 1.83 bits per heavy atom. The fourth-order valence-electron chi connectivity index (χ4n) is 2.03. The molecule has 0 saturated carbocycles. The molecular formula is C15H13N3O6. The van der Waals surface area contributed by atoms with Crippen LogP contribution >= 0.6 is 0 Å². The molecule has 2 rings (SSSR count). The topological polar surface area (TPSA) is 132 Å². The number of aryl methyl sites for hydroxylation is 1. The number of carboxylic acid groups (broad SMARTS) is 1. The van der Waals surface area contributed by atoms with Crippen molar-refractivity contribution in [1.29, 1.82) is 0 Å². The van der Waals surface area contributed by atoms with E-state index < -0.39 is 34.6 Å². The number of anilines is 1. The molecule has 1 aromatic heterocycles. The summed E-state index contributed by atoms with van der Waals surface area (Å²) in [5, 5.41) is 22.1. The Hall–Kier alpha value is -3.49. The SMILES string of the molecule is Cc1ccc([N+](=O)[O-])c(=O)n1CC(=O)Nc1ccc(C(=O)O)cc1. The first-order valence-electron chi connectivity index (χ1n) is 6.77. The van der Waals surface area contributed by atoms with Gasteiger partial charge in [0, 0.05) is 17.4 Å². The Morgan fingerprint density at radius 3 is 2.38 bits per heavy atom. The molecule has 2 aromatic rings. The van der Waals surface area contributed by atoms with Crippen molar-refractivity contribution in [3.63, 3.8) is 0 Å². The molecule has 0 aliphatic carbocycles. The van der Waals surface area contributed by atoms with Crippen molar-refractivity contribution in [3.8, 4) is 0 Å². The van der Waals surface area contributed by atoms with Gasteiger partial charge < -0.3 is 10.4 Å². The van der Waals surface area contributed by atoms with Gasteiger partial charge in [-0.3, -0.25) is 24.3 Å². The fraction of sp³-hybridized carbons (Fsp3) is 0.133. The standard InChI is InChI=1S/C15H13N3O6/c1-9-2-7-12(18(23)24)14(20)17(9)8-13(19)16-11-5-3-10(4-6-11)15(21)22/h2-7H,8H2,1H3,(H,16,19)(H,21,22). The molecule has 0 aliphatic rings. The second kappa shape index (κ2) is 6.73. The van der Waals surface area contributed by atoms with Crippen LogP contribution in [0.3, 0.4) is 0 Å². The van der Waals surface area contributed by atoms with Gasteiger partial charge in [0.1, 0.15) is 6.54 Å². The van der Waals surface area contributed by atoms with E-state index in [0.717, 1.165) is 10.6 Å². The number of hydrogen-bond acceptors (Lipinski definition) is 5. The number of carboxylic acids is 1. The summed E-state index contributed by atoms with van der Waals surface area (Å²) in [4.78, 5) is 44.8. The van der Waals surface area contributed by atoms with Gasteiger partial charge in [-0.15, -0.1) is 0 Å². The van der Waals surface area contributed by atoms with Gasteiger partial charge in [-0.25, -0.2) is 4.79 Å². The quantitative estimate of drug-likeness (QED) is 0.629. The average Bonchev–Trinajstić information content (AvgIpc) is 2.51. The van der Waals surface area contributed by atoms with Crippen LogP contribution in [0.5, 0.6) is 0 Å². The van der Waals surface area contributed by atoms with Gasteiger partial charge in [-0.2, -0.15) is 0 Å². The largest absolute Gasteiger partial charge is 0.478 e. The van der Waals surface area contributed by atoms with E-state index in [1.54, 1.807) is 6.92 Å². The number of nitro groups is 1. The zero-order valence-electron chi connectivity index (χ0n) is 12.6. The number of carbonyl (C=O) groups excluding carboxylic acids is 1. The highest BCUT2D eigenvalue weighted by atomic mass is 16.6. The van der Waals surface area contributed by atoms with Gasteiger partial charge in [0.25, 0.3) is 0 Å². The van der Waals surface area contributed by atoms with E-state index in [4.69, 9.17) is 5.11 Å². The van der Waals surface area contributed by atoms with Crippen molar-refractivity contribution in [3.05, 3.63) is 68.1 Å². The van der Waals surface area contributed by atoms with Gasteiger partial charge in [-0.1, -0.05) is 0 Å². The first-order chi connectivity index (χ1) is 11.3. The lowest BCUT2D eigenvalue weighted by atomic mass is 10.2. The third kappa shape index (κ3) is 3.64. The summed E-state index contributed by atoms with van der Waals surface area (Å²) in [7, 11) is 0. The minimum absolute atomic E-state index is 0.0683. The highest BCUT2D eigenvalue weighted by Gasteiger charge is 2.17. The Bertz CT molecular complexity index is 870. The zero-order valence-corrected chi connectivity index (χ0v) is 12.6. The number of benzene rings is 1. The molecule has 0 spiro atoms. The molecule has 124 valence electrons. The van der Waals surface area contributed by atoms with E-state index >= 15 is 0 Å². The molecule has 1 aromatic carbocycles. The van der Waals surface area contributed by atoms with Gasteiger partial charge in [0.15, 0.2) is 0 Å². The summed E-state index contributed by atoms with van der Waals surface area (Å²) in [6.07, 6.45) is 0. The maximum absolute atomic E-state index is 12.0. The Balaban J connectivity index is 2.18. The lowest BCUT2D eigenvalue weighted by Gasteiger charge is -2.10. The van der Waals surface area contributed by atoms with Crippen molar-refractivity contribution in [2.45, 2.75) is 13.5 Å². The summed E-state index contributed by atoms with van der Waals surface area (Å²) in [6, 6.07) is 7.94. The number of amides is 1. The zero-order chi connectivity index (χ0) is 17.9. The monoisotopic (exact) mass is 331 g/mol. The van der Waals surface area contributed by atoms with Gasteiger partial charge in [0.2, 0.25) is 5.91 Å². The number of hydrogen-bond donors (Lipinski definition) is 2. The first kappa shape index (κ1) is 16.9. The summed E-state index contributed by atoms with van der Waals surface area (Å²) < 4.78 is 0.999. The predicted octanol–water partition coefficient (Wildman–Crippen LogP) is 1.40. The van der Waals surface area contributed by atoms with Crippen molar-refractivity contribution in [2.75, 3.05) is 5.32 Å². The summed E-state index contributed by atoms with van der Waals surface area (Å²) in [6.45, 7) is 1.16. The van der Waals surface area contributed by atoms with Crippen LogP contribution in [0.25, 0.3) is 0 Å².